The highest BCUT2D eigenvalue weighted by molar-refractivity contribution is 6.09. The van der Waals surface area contributed by atoms with Crippen molar-refractivity contribution in [2.45, 2.75) is 13.0 Å². The van der Waals surface area contributed by atoms with Gasteiger partial charge in [-0.1, -0.05) is 30.3 Å². The molecule has 0 spiro atoms. The molecule has 2 aromatic carbocycles. The van der Waals surface area contributed by atoms with Crippen LogP contribution in [0.4, 0.5) is 0 Å². The Morgan fingerprint density at radius 1 is 0.867 bits per heavy atom. The number of benzene rings is 2. The van der Waals surface area contributed by atoms with E-state index in [2.05, 4.69) is 15.8 Å². The Morgan fingerprint density at radius 3 is 2.20 bits per heavy atom. The molecule has 3 rings (SSSR count). The second kappa shape index (κ2) is 9.33. The van der Waals surface area contributed by atoms with E-state index in [1.54, 1.807) is 48.5 Å². The van der Waals surface area contributed by atoms with Crippen molar-refractivity contribution in [3.63, 3.8) is 0 Å². The van der Waals surface area contributed by atoms with E-state index in [-0.39, 0.29) is 11.3 Å². The molecule has 1 unspecified atom stereocenters. The van der Waals surface area contributed by atoms with E-state index < -0.39 is 23.5 Å². The van der Waals surface area contributed by atoms with Gasteiger partial charge >= 0.3 is 0 Å². The van der Waals surface area contributed by atoms with Crippen molar-refractivity contribution in [3.8, 4) is 5.75 Å². The zero-order valence-corrected chi connectivity index (χ0v) is 16.0. The van der Waals surface area contributed by atoms with E-state index in [0.29, 0.717) is 16.9 Å². The maximum absolute atomic E-state index is 12.4. The first kappa shape index (κ1) is 20.5. The topological polar surface area (TPSA) is 117 Å². The molecule has 0 aliphatic rings. The normalized spacial score (nSPS) is 11.2. The van der Waals surface area contributed by atoms with E-state index in [1.165, 1.54) is 25.3 Å². The predicted molar refractivity (Wildman–Crippen MR) is 109 cm³/mol. The van der Waals surface area contributed by atoms with Crippen LogP contribution in [0, 0.1) is 0 Å². The van der Waals surface area contributed by atoms with Crippen molar-refractivity contribution in [3.05, 3.63) is 100.0 Å². The molecule has 1 atom stereocenters. The maximum atomic E-state index is 12.4. The van der Waals surface area contributed by atoms with E-state index in [1.807, 2.05) is 6.07 Å². The second-order valence-electron chi connectivity index (χ2n) is 6.34. The van der Waals surface area contributed by atoms with Gasteiger partial charge in [0.25, 0.3) is 17.4 Å². The van der Waals surface area contributed by atoms with Gasteiger partial charge in [0, 0.05) is 17.3 Å². The van der Waals surface area contributed by atoms with Gasteiger partial charge < -0.3 is 9.72 Å². The van der Waals surface area contributed by atoms with Crippen LogP contribution in [-0.2, 0) is 4.79 Å². The summed E-state index contributed by atoms with van der Waals surface area (Å²) >= 11 is 0. The van der Waals surface area contributed by atoms with Crippen LogP contribution in [0.2, 0.25) is 0 Å². The van der Waals surface area contributed by atoms with Gasteiger partial charge in [0.1, 0.15) is 11.3 Å². The number of carbonyl (C=O) groups excluding carboxylic acids is 3. The lowest BCUT2D eigenvalue weighted by Gasteiger charge is -2.15. The molecule has 0 aliphatic heterocycles. The molecule has 3 aromatic rings. The highest BCUT2D eigenvalue weighted by Gasteiger charge is 2.17. The molecule has 8 nitrogen and oxygen atoms in total. The molecule has 0 saturated carbocycles. The minimum atomic E-state index is -0.935. The van der Waals surface area contributed by atoms with Gasteiger partial charge in [0.15, 0.2) is 11.9 Å². The Morgan fingerprint density at radius 2 is 1.53 bits per heavy atom. The molecule has 152 valence electrons. The van der Waals surface area contributed by atoms with Gasteiger partial charge in [-0.2, -0.15) is 0 Å². The maximum Gasteiger partial charge on any atom is 0.279 e. The monoisotopic (exact) mass is 405 g/mol. The number of hydrogen-bond acceptors (Lipinski definition) is 5. The van der Waals surface area contributed by atoms with Crippen LogP contribution in [0.15, 0.2) is 77.7 Å². The lowest BCUT2D eigenvalue weighted by atomic mass is 10.0. The number of H-pyrrole nitrogens is 1. The fourth-order valence-corrected chi connectivity index (χ4v) is 2.59. The Kier molecular flexibility index (Phi) is 6.39. The molecule has 1 heterocycles. The first-order chi connectivity index (χ1) is 14.5. The Labute approximate surface area is 171 Å². The third kappa shape index (κ3) is 4.99. The van der Waals surface area contributed by atoms with Crippen molar-refractivity contribution in [2.75, 3.05) is 0 Å². The molecule has 2 amide bonds. The number of nitrogens with one attached hydrogen (secondary N) is 3. The third-order valence-corrected chi connectivity index (χ3v) is 4.20. The summed E-state index contributed by atoms with van der Waals surface area (Å²) in [6.07, 6.45) is 0.460. The van der Waals surface area contributed by atoms with E-state index >= 15 is 0 Å². The smallest absolute Gasteiger partial charge is 0.279 e. The van der Waals surface area contributed by atoms with Crippen LogP contribution in [-0.4, -0.2) is 28.7 Å². The molecule has 3 N–H and O–H groups in total. The summed E-state index contributed by atoms with van der Waals surface area (Å²) < 4.78 is 5.54. The zero-order chi connectivity index (χ0) is 21.5. The molecule has 30 heavy (non-hydrogen) atoms. The Bertz CT molecular complexity index is 1110. The number of aromatic amines is 1. The number of rotatable bonds is 6. The fraction of sp³-hybridized carbons (Fsp3) is 0.0909. The van der Waals surface area contributed by atoms with Crippen LogP contribution < -0.4 is 21.1 Å². The zero-order valence-electron chi connectivity index (χ0n) is 16.0. The van der Waals surface area contributed by atoms with Crippen molar-refractivity contribution >= 4 is 17.6 Å². The number of ether oxygens (including phenoxy) is 1. The van der Waals surface area contributed by atoms with E-state index in [0.717, 1.165) is 0 Å². The molecule has 0 fully saturated rings. The third-order valence-electron chi connectivity index (χ3n) is 4.20. The van der Waals surface area contributed by atoms with Crippen molar-refractivity contribution in [2.24, 2.45) is 0 Å². The number of hydrogen-bond donors (Lipinski definition) is 3. The van der Waals surface area contributed by atoms with Crippen LogP contribution >= 0.6 is 0 Å². The number of carbonyl (C=O) groups is 3. The summed E-state index contributed by atoms with van der Waals surface area (Å²) in [6, 6.07) is 18.1. The number of aromatic nitrogens is 1. The average Bonchev–Trinajstić information content (AvgIpc) is 2.78. The van der Waals surface area contributed by atoms with Crippen molar-refractivity contribution < 1.29 is 19.1 Å². The molecular formula is C22H19N3O5. The van der Waals surface area contributed by atoms with Crippen LogP contribution in [0.1, 0.15) is 33.2 Å². The van der Waals surface area contributed by atoms with Crippen molar-refractivity contribution in [1.82, 2.24) is 15.8 Å². The van der Waals surface area contributed by atoms with Gasteiger partial charge in [0.2, 0.25) is 0 Å². The Balaban J connectivity index is 1.55. The first-order valence-electron chi connectivity index (χ1n) is 9.10. The number of ketones is 1. The largest absolute Gasteiger partial charge is 0.481 e. The highest BCUT2D eigenvalue weighted by Crippen LogP contribution is 2.16. The van der Waals surface area contributed by atoms with Gasteiger partial charge in [0.05, 0.1) is 0 Å². The summed E-state index contributed by atoms with van der Waals surface area (Å²) in [4.78, 5) is 50.4. The molecule has 8 heteroatoms. The van der Waals surface area contributed by atoms with Gasteiger partial charge in [-0.3, -0.25) is 30.0 Å². The van der Waals surface area contributed by atoms with Gasteiger partial charge in [-0.25, -0.2) is 0 Å². The van der Waals surface area contributed by atoms with E-state index in [9.17, 15) is 19.2 Å². The molecule has 0 saturated heterocycles. The summed E-state index contributed by atoms with van der Waals surface area (Å²) in [6.45, 7) is 1.50. The predicted octanol–water partition coefficient (Wildman–Crippen LogP) is 1.83. The number of hydrazine groups is 1. The van der Waals surface area contributed by atoms with E-state index in [4.69, 9.17) is 4.74 Å². The summed E-state index contributed by atoms with van der Waals surface area (Å²) in [5, 5.41) is 0. The van der Waals surface area contributed by atoms with Crippen molar-refractivity contribution in [1.29, 1.82) is 0 Å². The molecule has 0 aliphatic carbocycles. The molecule has 0 bridgehead atoms. The molecule has 1 aromatic heterocycles. The summed E-state index contributed by atoms with van der Waals surface area (Å²) in [5.74, 6) is -1.10. The fourth-order valence-electron chi connectivity index (χ4n) is 2.59. The quantitative estimate of drug-likeness (QED) is 0.427. The number of pyridine rings is 1. The minimum absolute atomic E-state index is 0.119. The summed E-state index contributed by atoms with van der Waals surface area (Å²) in [5.41, 5.74) is 4.74. The Hall–Kier alpha value is -4.20. The molecule has 0 radical (unpaired) electrons. The number of amides is 2. The highest BCUT2D eigenvalue weighted by atomic mass is 16.5. The lowest BCUT2D eigenvalue weighted by molar-refractivity contribution is -0.128. The SMILES string of the molecule is CC(Oc1ccc(C(=O)c2ccccc2)cc1)C(=O)NNC(=O)c1ccc[nH]c1=O. The molecular weight excluding hydrogens is 386 g/mol. The first-order valence-corrected chi connectivity index (χ1v) is 9.10. The summed E-state index contributed by atoms with van der Waals surface area (Å²) in [7, 11) is 0. The van der Waals surface area contributed by atoms with Crippen LogP contribution in [0.25, 0.3) is 0 Å². The van der Waals surface area contributed by atoms with Gasteiger partial charge in [-0.15, -0.1) is 0 Å². The standard InChI is InChI=1S/C22H19N3O5/c1-14(20(27)24-25-22(29)18-8-5-13-23-21(18)28)30-17-11-9-16(10-12-17)19(26)15-6-3-2-4-7-15/h2-14H,1H3,(H,23,28)(H,24,27)(H,25,29). The average molecular weight is 405 g/mol. The van der Waals surface area contributed by atoms with Crippen LogP contribution in [0.3, 0.4) is 0 Å². The van der Waals surface area contributed by atoms with Crippen LogP contribution in [0.5, 0.6) is 5.75 Å². The minimum Gasteiger partial charge on any atom is -0.481 e. The van der Waals surface area contributed by atoms with Gasteiger partial charge in [-0.05, 0) is 43.3 Å². The second-order valence-corrected chi connectivity index (χ2v) is 6.34. The lowest BCUT2D eigenvalue weighted by Crippen LogP contribution is -2.48.